The van der Waals surface area contributed by atoms with E-state index in [1.165, 1.54) is 11.3 Å². The molecule has 0 radical (unpaired) electrons. The van der Waals surface area contributed by atoms with Crippen molar-refractivity contribution in [2.24, 2.45) is 0 Å². The molecular weight excluding hydrogens is 374 g/mol. The Labute approximate surface area is 169 Å². The lowest BCUT2D eigenvalue weighted by molar-refractivity contribution is -0.115. The van der Waals surface area contributed by atoms with E-state index in [-0.39, 0.29) is 18.4 Å². The van der Waals surface area contributed by atoms with Crippen LogP contribution in [0.3, 0.4) is 0 Å². The van der Waals surface area contributed by atoms with Gasteiger partial charge in [0, 0.05) is 50.3 Å². The summed E-state index contributed by atoms with van der Waals surface area (Å²) in [5.41, 5.74) is 2.87. The number of aromatic nitrogens is 1. The van der Waals surface area contributed by atoms with Crippen molar-refractivity contribution >= 4 is 29.0 Å². The first-order valence-corrected chi connectivity index (χ1v) is 10.5. The van der Waals surface area contributed by atoms with Crippen LogP contribution < -0.4 is 10.6 Å². The molecule has 2 heterocycles. The van der Waals surface area contributed by atoms with Crippen LogP contribution in [0.2, 0.25) is 0 Å². The maximum Gasteiger partial charge on any atom is 0.317 e. The highest BCUT2D eigenvalue weighted by Crippen LogP contribution is 2.16. The highest BCUT2D eigenvalue weighted by atomic mass is 32.1. The van der Waals surface area contributed by atoms with Crippen molar-refractivity contribution in [1.82, 2.24) is 20.1 Å². The number of amides is 3. The molecule has 8 heteroatoms. The quantitative estimate of drug-likeness (QED) is 0.780. The molecule has 1 saturated heterocycles. The summed E-state index contributed by atoms with van der Waals surface area (Å²) in [5, 5.41) is 8.63. The van der Waals surface area contributed by atoms with Gasteiger partial charge in [-0.25, -0.2) is 9.78 Å². The van der Waals surface area contributed by atoms with Gasteiger partial charge in [0.2, 0.25) is 5.91 Å². The smallest absolute Gasteiger partial charge is 0.317 e. The second-order valence-electron chi connectivity index (χ2n) is 6.87. The van der Waals surface area contributed by atoms with E-state index in [1.807, 2.05) is 48.4 Å². The number of aryl methyl sites for hydroxylation is 1. The molecule has 0 aliphatic carbocycles. The van der Waals surface area contributed by atoms with Crippen LogP contribution >= 0.6 is 11.3 Å². The molecule has 7 nitrogen and oxygen atoms in total. The van der Waals surface area contributed by atoms with Crippen LogP contribution in [0.15, 0.2) is 29.6 Å². The Kier molecular flexibility index (Phi) is 7.00. The van der Waals surface area contributed by atoms with Gasteiger partial charge in [-0.3, -0.25) is 9.69 Å². The number of nitrogens with one attached hydrogen (secondary N) is 2. The molecule has 1 aromatic carbocycles. The van der Waals surface area contributed by atoms with Crippen LogP contribution in [0, 0.1) is 6.92 Å². The lowest BCUT2D eigenvalue weighted by Crippen LogP contribution is -2.51. The van der Waals surface area contributed by atoms with E-state index in [2.05, 4.69) is 20.5 Å². The molecular formula is C20H27N5O2S. The number of nitrogens with zero attached hydrogens (tertiary/aromatic N) is 3. The fourth-order valence-electron chi connectivity index (χ4n) is 3.15. The average Bonchev–Trinajstić information content (AvgIpc) is 3.11. The van der Waals surface area contributed by atoms with Gasteiger partial charge in [-0.2, -0.15) is 0 Å². The predicted octanol–water partition coefficient (Wildman–Crippen LogP) is 2.48. The highest BCUT2D eigenvalue weighted by Gasteiger charge is 2.21. The molecule has 0 spiro atoms. The number of carbonyl (C=O) groups excluding carboxylic acids is 2. The van der Waals surface area contributed by atoms with Crippen molar-refractivity contribution in [3.8, 4) is 0 Å². The molecule has 0 unspecified atom stereocenters. The van der Waals surface area contributed by atoms with Gasteiger partial charge in [0.1, 0.15) is 5.01 Å². The molecule has 2 aromatic rings. The minimum atomic E-state index is -0.0502. The second-order valence-corrected chi connectivity index (χ2v) is 7.81. The lowest BCUT2D eigenvalue weighted by atomic mass is 10.2. The normalized spacial score (nSPS) is 14.7. The van der Waals surface area contributed by atoms with E-state index in [9.17, 15) is 9.59 Å². The molecule has 0 bridgehead atoms. The zero-order chi connectivity index (χ0) is 19.9. The number of hydrogen-bond acceptors (Lipinski definition) is 5. The molecule has 1 fully saturated rings. The summed E-state index contributed by atoms with van der Waals surface area (Å²) in [6.07, 6.45) is 0.282. The van der Waals surface area contributed by atoms with Crippen molar-refractivity contribution < 1.29 is 9.59 Å². The summed E-state index contributed by atoms with van der Waals surface area (Å²) in [6, 6.07) is 7.76. The first-order valence-electron chi connectivity index (χ1n) is 9.59. The maximum absolute atomic E-state index is 12.3. The maximum atomic E-state index is 12.3. The molecule has 2 N–H and O–H groups in total. The first kappa shape index (κ1) is 20.3. The molecule has 3 rings (SSSR count). The number of urea groups is 1. The summed E-state index contributed by atoms with van der Waals surface area (Å²) >= 11 is 1.52. The third-order valence-electron chi connectivity index (χ3n) is 4.70. The van der Waals surface area contributed by atoms with E-state index in [0.29, 0.717) is 6.54 Å². The largest absolute Gasteiger partial charge is 0.338 e. The van der Waals surface area contributed by atoms with Crippen LogP contribution in [0.5, 0.6) is 0 Å². The van der Waals surface area contributed by atoms with E-state index >= 15 is 0 Å². The van der Waals surface area contributed by atoms with Gasteiger partial charge in [-0.1, -0.05) is 18.2 Å². The molecule has 1 aromatic heterocycles. The fourth-order valence-corrected chi connectivity index (χ4v) is 3.93. The number of benzene rings is 1. The van der Waals surface area contributed by atoms with Gasteiger partial charge in [0.25, 0.3) is 0 Å². The lowest BCUT2D eigenvalue weighted by Gasteiger charge is -2.34. The standard InChI is InChI=1S/C20H27N5O2S/c1-3-21-20(27)25-10-8-24(9-11-25)13-16-14-28-19(22-16)12-18(26)23-17-7-5-4-6-15(17)2/h4-7,14H,3,8-13H2,1-2H3,(H,21,27)(H,23,26). The number of rotatable bonds is 6. The van der Waals surface area contributed by atoms with E-state index in [4.69, 9.17) is 0 Å². The molecule has 1 aliphatic heterocycles. The predicted molar refractivity (Wildman–Crippen MR) is 112 cm³/mol. The number of thiazole rings is 1. The first-order chi connectivity index (χ1) is 13.5. The molecule has 0 atom stereocenters. The minimum Gasteiger partial charge on any atom is -0.338 e. The van der Waals surface area contributed by atoms with Gasteiger partial charge < -0.3 is 15.5 Å². The molecule has 1 aliphatic rings. The summed E-state index contributed by atoms with van der Waals surface area (Å²) in [6.45, 7) is 8.41. The van der Waals surface area contributed by atoms with E-state index in [0.717, 1.165) is 54.7 Å². The van der Waals surface area contributed by atoms with Crippen molar-refractivity contribution in [2.45, 2.75) is 26.8 Å². The van der Waals surface area contributed by atoms with Crippen LogP contribution in [-0.4, -0.2) is 59.4 Å². The number of piperazine rings is 1. The Morgan fingerprint density at radius 3 is 2.64 bits per heavy atom. The SMILES string of the molecule is CCNC(=O)N1CCN(Cc2csc(CC(=O)Nc3ccccc3C)n2)CC1. The van der Waals surface area contributed by atoms with E-state index in [1.54, 1.807) is 0 Å². The van der Waals surface area contributed by atoms with Crippen molar-refractivity contribution in [2.75, 3.05) is 38.0 Å². The molecule has 150 valence electrons. The summed E-state index contributed by atoms with van der Waals surface area (Å²) in [5.74, 6) is -0.0502. The van der Waals surface area contributed by atoms with E-state index < -0.39 is 0 Å². The fraction of sp³-hybridized carbons (Fsp3) is 0.450. The molecule has 3 amide bonds. The van der Waals surface area contributed by atoms with Crippen molar-refractivity contribution in [1.29, 1.82) is 0 Å². The van der Waals surface area contributed by atoms with Gasteiger partial charge in [0.15, 0.2) is 0 Å². The average molecular weight is 402 g/mol. The Morgan fingerprint density at radius 2 is 1.93 bits per heavy atom. The van der Waals surface area contributed by atoms with Gasteiger partial charge in [0.05, 0.1) is 12.1 Å². The third-order valence-corrected chi connectivity index (χ3v) is 5.60. The molecule has 0 saturated carbocycles. The number of carbonyl (C=O) groups is 2. The number of hydrogen-bond donors (Lipinski definition) is 2. The Hall–Kier alpha value is -2.45. The monoisotopic (exact) mass is 401 g/mol. The van der Waals surface area contributed by atoms with Crippen LogP contribution in [-0.2, 0) is 17.8 Å². The number of para-hydroxylation sites is 1. The van der Waals surface area contributed by atoms with Crippen molar-refractivity contribution in [3.63, 3.8) is 0 Å². The minimum absolute atomic E-state index is 0.0118. The Morgan fingerprint density at radius 1 is 1.18 bits per heavy atom. The summed E-state index contributed by atoms with van der Waals surface area (Å²) in [7, 11) is 0. The van der Waals surface area contributed by atoms with Gasteiger partial charge in [-0.15, -0.1) is 11.3 Å². The summed E-state index contributed by atoms with van der Waals surface area (Å²) < 4.78 is 0. The highest BCUT2D eigenvalue weighted by molar-refractivity contribution is 7.09. The van der Waals surface area contributed by atoms with Gasteiger partial charge >= 0.3 is 6.03 Å². The van der Waals surface area contributed by atoms with Crippen LogP contribution in [0.4, 0.5) is 10.5 Å². The number of anilines is 1. The van der Waals surface area contributed by atoms with Gasteiger partial charge in [-0.05, 0) is 25.5 Å². The Bertz CT molecular complexity index is 814. The third kappa shape index (κ3) is 5.53. The van der Waals surface area contributed by atoms with Crippen molar-refractivity contribution in [3.05, 3.63) is 45.9 Å². The molecule has 28 heavy (non-hydrogen) atoms. The second kappa shape index (κ2) is 9.66. The van der Waals surface area contributed by atoms with Crippen LogP contribution in [0.1, 0.15) is 23.2 Å². The zero-order valence-corrected chi connectivity index (χ0v) is 17.2. The summed E-state index contributed by atoms with van der Waals surface area (Å²) in [4.78, 5) is 32.9. The Balaban J connectivity index is 1.46. The van der Waals surface area contributed by atoms with Crippen LogP contribution in [0.25, 0.3) is 0 Å². The zero-order valence-electron chi connectivity index (χ0n) is 16.4. The topological polar surface area (TPSA) is 77.6 Å².